The van der Waals surface area contributed by atoms with Gasteiger partial charge in [-0.3, -0.25) is 9.59 Å². The summed E-state index contributed by atoms with van der Waals surface area (Å²) in [6.45, 7) is 7.09. The molecule has 2 amide bonds. The van der Waals surface area contributed by atoms with Crippen LogP contribution in [0.2, 0.25) is 0 Å². The average Bonchev–Trinajstić information content (AvgIpc) is 2.53. The van der Waals surface area contributed by atoms with Crippen LogP contribution in [0.5, 0.6) is 0 Å². The van der Waals surface area contributed by atoms with Crippen molar-refractivity contribution in [3.05, 3.63) is 0 Å². The molecule has 1 fully saturated rings. The topological polar surface area (TPSA) is 78.4 Å². The Hall–Kier alpha value is -1.10. The Morgan fingerprint density at radius 3 is 2.35 bits per heavy atom. The van der Waals surface area contributed by atoms with Gasteiger partial charge < -0.3 is 15.7 Å². The van der Waals surface area contributed by atoms with Gasteiger partial charge in [-0.05, 0) is 19.8 Å². The van der Waals surface area contributed by atoms with Crippen LogP contribution in [0.15, 0.2) is 0 Å². The van der Waals surface area contributed by atoms with E-state index in [1.54, 1.807) is 6.92 Å². The molecule has 0 aromatic rings. The number of aliphatic hydroxyl groups is 1. The molecule has 116 valence electrons. The summed E-state index contributed by atoms with van der Waals surface area (Å²) in [6, 6.07) is -0.781. The Labute approximate surface area is 121 Å². The number of carbonyl (C=O) groups is 2. The van der Waals surface area contributed by atoms with Crippen molar-refractivity contribution < 1.29 is 14.7 Å². The lowest BCUT2D eigenvalue weighted by molar-refractivity contribution is -0.133. The van der Waals surface area contributed by atoms with Crippen molar-refractivity contribution in [2.45, 2.75) is 78.0 Å². The van der Waals surface area contributed by atoms with Crippen LogP contribution in [-0.4, -0.2) is 35.1 Å². The quantitative estimate of drug-likeness (QED) is 0.684. The van der Waals surface area contributed by atoms with E-state index in [1.165, 1.54) is 0 Å². The van der Waals surface area contributed by atoms with E-state index in [2.05, 4.69) is 10.6 Å². The lowest BCUT2D eigenvalue weighted by Crippen LogP contribution is -2.52. The third-order valence-corrected chi connectivity index (χ3v) is 3.73. The number of nitrogens with one attached hydrogen (secondary N) is 2. The first kappa shape index (κ1) is 17.0. The van der Waals surface area contributed by atoms with Gasteiger partial charge in [-0.25, -0.2) is 0 Å². The van der Waals surface area contributed by atoms with Gasteiger partial charge in [0, 0.05) is 5.41 Å². The fraction of sp³-hybridized carbons (Fsp3) is 0.867. The highest BCUT2D eigenvalue weighted by molar-refractivity contribution is 5.89. The second-order valence-corrected chi connectivity index (χ2v) is 6.77. The maximum absolute atomic E-state index is 12.1. The van der Waals surface area contributed by atoms with Crippen molar-refractivity contribution in [3.8, 4) is 0 Å². The smallest absolute Gasteiger partial charge is 0.242 e. The Kier molecular flexibility index (Phi) is 5.99. The first-order chi connectivity index (χ1) is 9.21. The van der Waals surface area contributed by atoms with Crippen molar-refractivity contribution in [1.82, 2.24) is 10.6 Å². The molecule has 0 spiro atoms. The number of rotatable bonds is 3. The van der Waals surface area contributed by atoms with Crippen molar-refractivity contribution in [1.29, 1.82) is 0 Å². The standard InChI is InChI=1S/C15H28N2O3/c1-10(16-14(20)15(2,3)4)13(19)17-11-8-6-5-7-9-12(11)18/h10-12,18H,5-9H2,1-4H3,(H,16,20)(H,17,19). The van der Waals surface area contributed by atoms with Gasteiger partial charge in [-0.1, -0.05) is 40.0 Å². The molecule has 0 saturated heterocycles. The molecular formula is C15H28N2O3. The summed E-state index contributed by atoms with van der Waals surface area (Å²) in [7, 11) is 0. The highest BCUT2D eigenvalue weighted by Gasteiger charge is 2.28. The van der Waals surface area contributed by atoms with Gasteiger partial charge in [0.1, 0.15) is 6.04 Å². The SMILES string of the molecule is CC(NC(=O)C(C)(C)C)C(=O)NC1CCCCCC1O. The van der Waals surface area contributed by atoms with Gasteiger partial charge >= 0.3 is 0 Å². The van der Waals surface area contributed by atoms with Gasteiger partial charge in [-0.2, -0.15) is 0 Å². The predicted molar refractivity (Wildman–Crippen MR) is 78.1 cm³/mol. The minimum atomic E-state index is -0.586. The zero-order valence-corrected chi connectivity index (χ0v) is 13.0. The normalized spacial score (nSPS) is 25.4. The molecule has 1 rings (SSSR count). The molecule has 5 heteroatoms. The molecule has 0 heterocycles. The molecule has 20 heavy (non-hydrogen) atoms. The molecular weight excluding hydrogens is 256 g/mol. The first-order valence-electron chi connectivity index (χ1n) is 7.51. The predicted octanol–water partition coefficient (Wildman–Crippen LogP) is 1.35. The van der Waals surface area contributed by atoms with E-state index < -0.39 is 17.6 Å². The molecule has 0 aromatic carbocycles. The minimum Gasteiger partial charge on any atom is -0.391 e. The number of aliphatic hydroxyl groups excluding tert-OH is 1. The summed E-state index contributed by atoms with van der Waals surface area (Å²) in [5, 5.41) is 15.6. The largest absolute Gasteiger partial charge is 0.391 e. The van der Waals surface area contributed by atoms with Crippen LogP contribution < -0.4 is 10.6 Å². The molecule has 1 aliphatic carbocycles. The van der Waals surface area contributed by atoms with E-state index in [0.717, 1.165) is 32.1 Å². The lowest BCUT2D eigenvalue weighted by Gasteiger charge is -2.25. The van der Waals surface area contributed by atoms with Gasteiger partial charge in [0.05, 0.1) is 12.1 Å². The van der Waals surface area contributed by atoms with Crippen molar-refractivity contribution in [2.75, 3.05) is 0 Å². The first-order valence-corrected chi connectivity index (χ1v) is 7.51. The van der Waals surface area contributed by atoms with Gasteiger partial charge in [0.15, 0.2) is 0 Å². The van der Waals surface area contributed by atoms with Crippen LogP contribution in [0.3, 0.4) is 0 Å². The van der Waals surface area contributed by atoms with E-state index in [1.807, 2.05) is 20.8 Å². The summed E-state index contributed by atoms with van der Waals surface area (Å²) in [4.78, 5) is 23.9. The van der Waals surface area contributed by atoms with E-state index >= 15 is 0 Å². The van der Waals surface area contributed by atoms with Crippen LogP contribution in [0.1, 0.15) is 59.8 Å². The van der Waals surface area contributed by atoms with Crippen LogP contribution in [0, 0.1) is 5.41 Å². The van der Waals surface area contributed by atoms with Crippen molar-refractivity contribution >= 4 is 11.8 Å². The van der Waals surface area contributed by atoms with Crippen LogP contribution in [-0.2, 0) is 9.59 Å². The summed E-state index contributed by atoms with van der Waals surface area (Å²) >= 11 is 0. The average molecular weight is 284 g/mol. The summed E-state index contributed by atoms with van der Waals surface area (Å²) in [5.41, 5.74) is -0.517. The van der Waals surface area contributed by atoms with Crippen LogP contribution in [0.25, 0.3) is 0 Å². The Morgan fingerprint density at radius 2 is 1.75 bits per heavy atom. The summed E-state index contributed by atoms with van der Waals surface area (Å²) in [5.74, 6) is -0.380. The second-order valence-electron chi connectivity index (χ2n) is 6.77. The Morgan fingerprint density at radius 1 is 1.15 bits per heavy atom. The fourth-order valence-corrected chi connectivity index (χ4v) is 2.24. The molecule has 3 unspecified atom stereocenters. The number of carbonyl (C=O) groups excluding carboxylic acids is 2. The Bertz CT molecular complexity index is 350. The third kappa shape index (κ3) is 5.12. The maximum atomic E-state index is 12.1. The maximum Gasteiger partial charge on any atom is 0.242 e. The molecule has 0 radical (unpaired) electrons. The van der Waals surface area contributed by atoms with Crippen molar-refractivity contribution in [3.63, 3.8) is 0 Å². The van der Waals surface area contributed by atoms with E-state index in [4.69, 9.17) is 0 Å². The summed E-state index contributed by atoms with van der Waals surface area (Å²) < 4.78 is 0. The summed E-state index contributed by atoms with van der Waals surface area (Å²) in [6.07, 6.45) is 4.17. The number of hydrogen-bond acceptors (Lipinski definition) is 3. The molecule has 1 saturated carbocycles. The van der Waals surface area contributed by atoms with Crippen LogP contribution in [0.4, 0.5) is 0 Å². The third-order valence-electron chi connectivity index (χ3n) is 3.73. The molecule has 5 nitrogen and oxygen atoms in total. The van der Waals surface area contributed by atoms with E-state index in [-0.39, 0.29) is 17.9 Å². The molecule has 3 N–H and O–H groups in total. The van der Waals surface area contributed by atoms with E-state index in [9.17, 15) is 14.7 Å². The Balaban J connectivity index is 2.50. The van der Waals surface area contributed by atoms with Crippen molar-refractivity contribution in [2.24, 2.45) is 5.41 Å². The van der Waals surface area contributed by atoms with Gasteiger partial charge in [0.25, 0.3) is 0 Å². The van der Waals surface area contributed by atoms with Gasteiger partial charge in [0.2, 0.25) is 11.8 Å². The van der Waals surface area contributed by atoms with Crippen LogP contribution >= 0.6 is 0 Å². The molecule has 0 bridgehead atoms. The highest BCUT2D eigenvalue weighted by Crippen LogP contribution is 2.18. The number of hydrogen-bond donors (Lipinski definition) is 3. The second kappa shape index (κ2) is 7.07. The molecule has 3 atom stereocenters. The molecule has 0 aliphatic heterocycles. The highest BCUT2D eigenvalue weighted by atomic mass is 16.3. The lowest BCUT2D eigenvalue weighted by atomic mass is 9.95. The monoisotopic (exact) mass is 284 g/mol. The fourth-order valence-electron chi connectivity index (χ4n) is 2.24. The minimum absolute atomic E-state index is 0.151. The zero-order valence-electron chi connectivity index (χ0n) is 13.0. The van der Waals surface area contributed by atoms with E-state index in [0.29, 0.717) is 0 Å². The zero-order chi connectivity index (χ0) is 15.3. The van der Waals surface area contributed by atoms with Gasteiger partial charge in [-0.15, -0.1) is 0 Å². The number of amides is 2. The molecule has 1 aliphatic rings. The molecule has 0 aromatic heterocycles.